The van der Waals surface area contributed by atoms with Gasteiger partial charge in [-0.2, -0.15) is 0 Å². The molecule has 3 rings (SSSR count). The van der Waals surface area contributed by atoms with E-state index < -0.39 is 0 Å². The number of carbonyl (C=O) groups is 1. The van der Waals surface area contributed by atoms with E-state index in [1.165, 1.54) is 25.9 Å². The lowest BCUT2D eigenvalue weighted by Gasteiger charge is -2.16. The minimum Gasteiger partial charge on any atom is -0.491 e. The van der Waals surface area contributed by atoms with Gasteiger partial charge in [-0.3, -0.25) is 9.69 Å². The lowest BCUT2D eigenvalue weighted by Crippen LogP contribution is -2.26. The highest BCUT2D eigenvalue weighted by Gasteiger charge is 2.11. The first-order chi connectivity index (χ1) is 13.6. The van der Waals surface area contributed by atoms with Crippen molar-refractivity contribution in [1.29, 1.82) is 0 Å². The van der Waals surface area contributed by atoms with Gasteiger partial charge in [0.05, 0.1) is 4.47 Å². The van der Waals surface area contributed by atoms with Gasteiger partial charge >= 0.3 is 0 Å². The summed E-state index contributed by atoms with van der Waals surface area (Å²) in [5.74, 6) is 0.768. The molecule has 28 heavy (non-hydrogen) atoms. The molecule has 2 aromatic rings. The van der Waals surface area contributed by atoms with Crippen LogP contribution in [0, 0.1) is 0 Å². The van der Waals surface area contributed by atoms with Crippen molar-refractivity contribution in [3.63, 3.8) is 0 Å². The number of aromatic amines is 1. The number of halogens is 2. The number of amides is 1. The quantitative estimate of drug-likeness (QED) is 0.520. The van der Waals surface area contributed by atoms with E-state index in [1.54, 1.807) is 12.3 Å². The summed E-state index contributed by atoms with van der Waals surface area (Å²) in [6.07, 6.45) is 5.11. The average molecular weight is 515 g/mol. The van der Waals surface area contributed by atoms with E-state index in [4.69, 9.17) is 4.74 Å². The second kappa shape index (κ2) is 12.3. The van der Waals surface area contributed by atoms with Crippen molar-refractivity contribution in [3.8, 4) is 5.75 Å². The van der Waals surface area contributed by atoms with E-state index in [0.717, 1.165) is 33.2 Å². The van der Waals surface area contributed by atoms with Crippen molar-refractivity contribution in [1.82, 2.24) is 15.2 Å². The Morgan fingerprint density at radius 2 is 1.96 bits per heavy atom. The van der Waals surface area contributed by atoms with Crippen molar-refractivity contribution >= 4 is 37.8 Å². The fourth-order valence-corrected chi connectivity index (χ4v) is 3.91. The molecule has 1 aliphatic heterocycles. The molecule has 1 amide bonds. The van der Waals surface area contributed by atoms with Crippen molar-refractivity contribution in [2.45, 2.75) is 33.1 Å². The minimum atomic E-state index is -0.100. The molecule has 0 bridgehead atoms. The van der Waals surface area contributed by atoms with E-state index in [-0.39, 0.29) is 5.91 Å². The van der Waals surface area contributed by atoms with Crippen LogP contribution in [0.4, 0.5) is 0 Å². The van der Waals surface area contributed by atoms with Crippen LogP contribution in [0.25, 0.3) is 0 Å². The number of ether oxygens (including phenoxy) is 1. The average Bonchev–Trinajstić information content (AvgIpc) is 3.37. The summed E-state index contributed by atoms with van der Waals surface area (Å²) >= 11 is 6.91. The normalized spacial score (nSPS) is 13.7. The first-order valence-corrected chi connectivity index (χ1v) is 11.5. The molecule has 7 heteroatoms. The zero-order chi connectivity index (χ0) is 20.4. The molecule has 0 unspecified atom stereocenters. The Labute approximate surface area is 184 Å². The maximum atomic E-state index is 12.0. The van der Waals surface area contributed by atoms with Crippen molar-refractivity contribution in [2.24, 2.45) is 0 Å². The zero-order valence-electron chi connectivity index (χ0n) is 16.6. The third kappa shape index (κ3) is 7.26. The van der Waals surface area contributed by atoms with Crippen LogP contribution in [0.2, 0.25) is 0 Å². The predicted molar refractivity (Wildman–Crippen MR) is 121 cm³/mol. The summed E-state index contributed by atoms with van der Waals surface area (Å²) < 4.78 is 7.71. The zero-order valence-corrected chi connectivity index (χ0v) is 19.7. The summed E-state index contributed by atoms with van der Waals surface area (Å²) in [7, 11) is 0. The molecule has 0 aliphatic carbocycles. The third-order valence-corrected chi connectivity index (χ3v) is 5.53. The number of aromatic nitrogens is 1. The first-order valence-electron chi connectivity index (χ1n) is 9.87. The van der Waals surface area contributed by atoms with Gasteiger partial charge in [-0.25, -0.2) is 0 Å². The smallest absolute Gasteiger partial charge is 0.267 e. The van der Waals surface area contributed by atoms with Gasteiger partial charge in [-0.05, 0) is 88.0 Å². The number of nitrogens with zero attached hydrogens (tertiary/aromatic N) is 1. The SMILES string of the molecule is CC.O=C(NCCc1ccc(OCCN2CCCC2)c(Br)c1)c1cc(Br)c[nH]1. The highest BCUT2D eigenvalue weighted by atomic mass is 79.9. The summed E-state index contributed by atoms with van der Waals surface area (Å²) in [5, 5.41) is 2.92. The Hall–Kier alpha value is -1.31. The minimum absolute atomic E-state index is 0.100. The number of likely N-dealkylation sites (tertiary alicyclic amines) is 1. The Kier molecular flexibility index (Phi) is 10.1. The van der Waals surface area contributed by atoms with Crippen LogP contribution >= 0.6 is 31.9 Å². The summed E-state index contributed by atoms with van der Waals surface area (Å²) in [6, 6.07) is 7.86. The molecule has 154 valence electrons. The third-order valence-electron chi connectivity index (χ3n) is 4.45. The van der Waals surface area contributed by atoms with Gasteiger partial charge in [0, 0.05) is 23.8 Å². The van der Waals surface area contributed by atoms with Gasteiger partial charge in [-0.1, -0.05) is 19.9 Å². The fraction of sp³-hybridized carbons (Fsp3) is 0.476. The standard InChI is InChI=1S/C19H23Br2N3O2.C2H6/c20-15-12-17(23-13-15)19(25)22-6-5-14-3-4-18(16(21)11-14)26-10-9-24-7-1-2-8-24;1-2/h3-4,11-13,23H,1-2,5-10H2,(H,22,25);1-2H3. The largest absolute Gasteiger partial charge is 0.491 e. The molecule has 1 aromatic heterocycles. The Balaban J connectivity index is 0.00000136. The number of hydrogen-bond acceptors (Lipinski definition) is 3. The van der Waals surface area contributed by atoms with Crippen LogP contribution in [-0.2, 0) is 6.42 Å². The summed E-state index contributed by atoms with van der Waals surface area (Å²) in [6.45, 7) is 8.65. The first kappa shape index (κ1) is 23.0. The molecular weight excluding hydrogens is 486 g/mol. The maximum Gasteiger partial charge on any atom is 0.267 e. The van der Waals surface area contributed by atoms with Crippen LogP contribution < -0.4 is 10.1 Å². The van der Waals surface area contributed by atoms with Crippen molar-refractivity contribution in [3.05, 3.63) is 50.7 Å². The summed E-state index contributed by atoms with van der Waals surface area (Å²) in [4.78, 5) is 17.4. The molecule has 5 nitrogen and oxygen atoms in total. The van der Waals surface area contributed by atoms with Crippen LogP contribution in [0.3, 0.4) is 0 Å². The predicted octanol–water partition coefficient (Wildman–Crippen LogP) is 5.01. The van der Waals surface area contributed by atoms with Crippen LogP contribution in [0.15, 0.2) is 39.4 Å². The monoisotopic (exact) mass is 513 g/mol. The topological polar surface area (TPSA) is 57.4 Å². The second-order valence-electron chi connectivity index (χ2n) is 6.40. The summed E-state index contributed by atoms with van der Waals surface area (Å²) in [5.41, 5.74) is 1.71. The van der Waals surface area contributed by atoms with E-state index in [0.29, 0.717) is 18.8 Å². The van der Waals surface area contributed by atoms with Gasteiger partial charge in [0.2, 0.25) is 0 Å². The maximum absolute atomic E-state index is 12.0. The van der Waals surface area contributed by atoms with Crippen LogP contribution in [0.1, 0.15) is 42.7 Å². The number of benzene rings is 1. The van der Waals surface area contributed by atoms with Crippen molar-refractivity contribution < 1.29 is 9.53 Å². The molecule has 0 atom stereocenters. The van der Waals surface area contributed by atoms with E-state index in [1.807, 2.05) is 26.0 Å². The number of H-pyrrole nitrogens is 1. The lowest BCUT2D eigenvalue weighted by molar-refractivity contribution is 0.0949. The highest BCUT2D eigenvalue weighted by Crippen LogP contribution is 2.26. The number of nitrogens with one attached hydrogen (secondary N) is 2. The molecule has 0 spiro atoms. The van der Waals surface area contributed by atoms with Gasteiger partial charge in [0.15, 0.2) is 0 Å². The van der Waals surface area contributed by atoms with E-state index in [2.05, 4.69) is 53.1 Å². The molecular formula is C21H29Br2N3O2. The van der Waals surface area contributed by atoms with Crippen molar-refractivity contribution in [2.75, 3.05) is 32.8 Å². The lowest BCUT2D eigenvalue weighted by atomic mass is 10.1. The fourth-order valence-electron chi connectivity index (χ4n) is 3.02. The van der Waals surface area contributed by atoms with Crippen LogP contribution in [0.5, 0.6) is 5.75 Å². The van der Waals surface area contributed by atoms with Gasteiger partial charge < -0.3 is 15.0 Å². The molecule has 2 N–H and O–H groups in total. The molecule has 1 saturated heterocycles. The Morgan fingerprint density at radius 3 is 2.61 bits per heavy atom. The Morgan fingerprint density at radius 1 is 1.21 bits per heavy atom. The van der Waals surface area contributed by atoms with E-state index in [9.17, 15) is 4.79 Å². The van der Waals surface area contributed by atoms with Gasteiger partial charge in [0.1, 0.15) is 18.1 Å². The Bertz CT molecular complexity index is 743. The second-order valence-corrected chi connectivity index (χ2v) is 8.17. The molecule has 2 heterocycles. The number of rotatable bonds is 8. The van der Waals surface area contributed by atoms with Gasteiger partial charge in [0.25, 0.3) is 5.91 Å². The molecule has 1 aromatic carbocycles. The molecule has 0 saturated carbocycles. The highest BCUT2D eigenvalue weighted by molar-refractivity contribution is 9.10. The van der Waals surface area contributed by atoms with E-state index >= 15 is 0 Å². The van der Waals surface area contributed by atoms with Crippen LogP contribution in [-0.4, -0.2) is 48.6 Å². The number of hydrogen-bond donors (Lipinski definition) is 2. The molecule has 0 radical (unpaired) electrons. The molecule has 1 aliphatic rings. The van der Waals surface area contributed by atoms with Gasteiger partial charge in [-0.15, -0.1) is 0 Å². The molecule has 1 fully saturated rings. The number of carbonyl (C=O) groups excluding carboxylic acids is 1.